The molecule has 0 bridgehead atoms. The third kappa shape index (κ3) is 6.35. The fourth-order valence-corrected chi connectivity index (χ4v) is 2.45. The van der Waals surface area contributed by atoms with E-state index in [1.54, 1.807) is 6.07 Å². The highest BCUT2D eigenvalue weighted by Gasteiger charge is 2.14. The van der Waals surface area contributed by atoms with Gasteiger partial charge in [0.25, 0.3) is 0 Å². The standard InChI is InChI=1S/C16H20ClNO6/c17-13-9-11(1-2-14(13)24-10-16(20)21)18-15(19)5-8-23-12-3-6-22-7-4-12/h1-2,9,12H,3-8,10H2,(H,18,19)(H,20,21). The van der Waals surface area contributed by atoms with Crippen molar-refractivity contribution in [1.29, 1.82) is 0 Å². The van der Waals surface area contributed by atoms with E-state index in [-0.39, 0.29) is 29.2 Å². The number of hydrogen-bond donors (Lipinski definition) is 2. The summed E-state index contributed by atoms with van der Waals surface area (Å²) in [6.45, 7) is 1.27. The summed E-state index contributed by atoms with van der Waals surface area (Å²) in [4.78, 5) is 22.4. The normalized spacial score (nSPS) is 15.0. The number of ether oxygens (including phenoxy) is 3. The van der Waals surface area contributed by atoms with Crippen LogP contribution in [0, 0.1) is 0 Å². The number of halogens is 1. The Balaban J connectivity index is 1.74. The van der Waals surface area contributed by atoms with E-state index in [0.29, 0.717) is 25.5 Å². The first-order chi connectivity index (χ1) is 11.5. The number of anilines is 1. The Labute approximate surface area is 144 Å². The van der Waals surface area contributed by atoms with Crippen LogP contribution in [0.1, 0.15) is 19.3 Å². The lowest BCUT2D eigenvalue weighted by atomic mass is 10.1. The van der Waals surface area contributed by atoms with E-state index in [1.807, 2.05) is 0 Å². The fourth-order valence-electron chi connectivity index (χ4n) is 2.22. The fraction of sp³-hybridized carbons (Fsp3) is 0.500. The summed E-state index contributed by atoms with van der Waals surface area (Å²) in [5.41, 5.74) is 0.513. The molecular formula is C16H20ClNO6. The van der Waals surface area contributed by atoms with Gasteiger partial charge in [0, 0.05) is 18.9 Å². The van der Waals surface area contributed by atoms with E-state index in [9.17, 15) is 9.59 Å². The van der Waals surface area contributed by atoms with E-state index >= 15 is 0 Å². The molecule has 0 saturated carbocycles. The number of nitrogens with one attached hydrogen (secondary N) is 1. The zero-order chi connectivity index (χ0) is 17.4. The second-order valence-corrected chi connectivity index (χ2v) is 5.72. The van der Waals surface area contributed by atoms with Crippen molar-refractivity contribution < 1.29 is 28.9 Å². The van der Waals surface area contributed by atoms with Gasteiger partial charge in [0.1, 0.15) is 5.75 Å². The number of carboxylic acids is 1. The maximum atomic E-state index is 11.9. The number of rotatable bonds is 8. The number of hydrogen-bond acceptors (Lipinski definition) is 5. The van der Waals surface area contributed by atoms with Crippen LogP contribution in [0.25, 0.3) is 0 Å². The van der Waals surface area contributed by atoms with Crippen molar-refractivity contribution in [2.75, 3.05) is 31.7 Å². The Bertz CT molecular complexity index is 574. The van der Waals surface area contributed by atoms with Gasteiger partial charge in [0.15, 0.2) is 6.61 Å². The predicted molar refractivity (Wildman–Crippen MR) is 87.6 cm³/mol. The minimum absolute atomic E-state index is 0.159. The number of aliphatic carboxylic acids is 1. The third-order valence-corrected chi connectivity index (χ3v) is 3.71. The average molecular weight is 358 g/mol. The molecule has 132 valence electrons. The smallest absolute Gasteiger partial charge is 0.341 e. The lowest BCUT2D eigenvalue weighted by Gasteiger charge is -2.22. The highest BCUT2D eigenvalue weighted by atomic mass is 35.5. The minimum Gasteiger partial charge on any atom is -0.480 e. The number of amides is 1. The molecule has 1 aromatic rings. The highest BCUT2D eigenvalue weighted by molar-refractivity contribution is 6.32. The summed E-state index contributed by atoms with van der Waals surface area (Å²) in [6, 6.07) is 4.62. The molecule has 1 heterocycles. The first-order valence-electron chi connectivity index (χ1n) is 7.68. The molecule has 24 heavy (non-hydrogen) atoms. The highest BCUT2D eigenvalue weighted by Crippen LogP contribution is 2.27. The monoisotopic (exact) mass is 357 g/mol. The molecule has 2 rings (SSSR count). The maximum absolute atomic E-state index is 11.9. The van der Waals surface area contributed by atoms with E-state index in [2.05, 4.69) is 5.32 Å². The molecule has 0 atom stereocenters. The molecular weight excluding hydrogens is 338 g/mol. The maximum Gasteiger partial charge on any atom is 0.341 e. The van der Waals surface area contributed by atoms with Crippen LogP contribution in [-0.4, -0.2) is 49.5 Å². The molecule has 1 fully saturated rings. The quantitative estimate of drug-likeness (QED) is 0.741. The molecule has 0 spiro atoms. The number of benzene rings is 1. The second-order valence-electron chi connectivity index (χ2n) is 5.31. The van der Waals surface area contributed by atoms with Crippen LogP contribution in [0.2, 0.25) is 5.02 Å². The van der Waals surface area contributed by atoms with E-state index in [1.165, 1.54) is 12.1 Å². The Morgan fingerprint density at radius 2 is 2.08 bits per heavy atom. The predicted octanol–water partition coefficient (Wildman–Crippen LogP) is 2.33. The van der Waals surface area contributed by atoms with Gasteiger partial charge in [-0.25, -0.2) is 4.79 Å². The van der Waals surface area contributed by atoms with E-state index in [4.69, 9.17) is 30.9 Å². The zero-order valence-corrected chi connectivity index (χ0v) is 13.9. The van der Waals surface area contributed by atoms with E-state index in [0.717, 1.165) is 12.8 Å². The zero-order valence-electron chi connectivity index (χ0n) is 13.1. The topological polar surface area (TPSA) is 94.1 Å². The largest absolute Gasteiger partial charge is 0.480 e. The van der Waals surface area contributed by atoms with Crippen molar-refractivity contribution in [3.05, 3.63) is 23.2 Å². The van der Waals surface area contributed by atoms with Crippen molar-refractivity contribution in [3.63, 3.8) is 0 Å². The summed E-state index contributed by atoms with van der Waals surface area (Å²) in [6.07, 6.45) is 2.11. The molecule has 1 amide bonds. The van der Waals surface area contributed by atoms with Crippen LogP contribution < -0.4 is 10.1 Å². The van der Waals surface area contributed by atoms with Crippen molar-refractivity contribution in [2.45, 2.75) is 25.4 Å². The Morgan fingerprint density at radius 3 is 2.75 bits per heavy atom. The number of carbonyl (C=O) groups excluding carboxylic acids is 1. The summed E-state index contributed by atoms with van der Waals surface area (Å²) in [5.74, 6) is -1.02. The van der Waals surface area contributed by atoms with Crippen molar-refractivity contribution in [3.8, 4) is 5.75 Å². The number of carboxylic acid groups (broad SMARTS) is 1. The van der Waals surface area contributed by atoms with Crippen LogP contribution in [0.5, 0.6) is 5.75 Å². The van der Waals surface area contributed by atoms with Crippen molar-refractivity contribution >= 4 is 29.2 Å². The molecule has 0 radical (unpaired) electrons. The summed E-state index contributed by atoms with van der Waals surface area (Å²) < 4.78 is 15.9. The molecule has 1 saturated heterocycles. The van der Waals surface area contributed by atoms with Gasteiger partial charge in [-0.05, 0) is 31.0 Å². The molecule has 0 unspecified atom stereocenters. The summed E-state index contributed by atoms with van der Waals surface area (Å²) >= 11 is 6.00. The van der Waals surface area contributed by atoms with Gasteiger partial charge in [-0.1, -0.05) is 11.6 Å². The van der Waals surface area contributed by atoms with Gasteiger partial charge in [-0.15, -0.1) is 0 Å². The van der Waals surface area contributed by atoms with Gasteiger partial charge in [-0.2, -0.15) is 0 Å². The molecule has 0 aliphatic carbocycles. The van der Waals surface area contributed by atoms with Gasteiger partial charge in [0.2, 0.25) is 5.91 Å². The SMILES string of the molecule is O=C(O)COc1ccc(NC(=O)CCOC2CCOCC2)cc1Cl. The first kappa shape index (κ1) is 18.5. The van der Waals surface area contributed by atoms with Crippen molar-refractivity contribution in [2.24, 2.45) is 0 Å². The summed E-state index contributed by atoms with van der Waals surface area (Å²) in [7, 11) is 0. The molecule has 0 aromatic heterocycles. The van der Waals surface area contributed by atoms with E-state index < -0.39 is 12.6 Å². The van der Waals surface area contributed by atoms with Gasteiger partial charge in [-0.3, -0.25) is 4.79 Å². The van der Waals surface area contributed by atoms with Crippen LogP contribution >= 0.6 is 11.6 Å². The molecule has 2 N–H and O–H groups in total. The molecule has 8 heteroatoms. The molecule has 1 aliphatic rings. The van der Waals surface area contributed by atoms with Gasteiger partial charge >= 0.3 is 5.97 Å². The van der Waals surface area contributed by atoms with Crippen molar-refractivity contribution in [1.82, 2.24) is 0 Å². The van der Waals surface area contributed by atoms with Crippen LogP contribution in [0.4, 0.5) is 5.69 Å². The first-order valence-corrected chi connectivity index (χ1v) is 8.05. The van der Waals surface area contributed by atoms with Crippen LogP contribution in [0.3, 0.4) is 0 Å². The molecule has 1 aromatic carbocycles. The third-order valence-electron chi connectivity index (χ3n) is 3.42. The Kier molecular flexibility index (Phi) is 7.30. The minimum atomic E-state index is -1.09. The Morgan fingerprint density at radius 1 is 1.33 bits per heavy atom. The Hall–Kier alpha value is -1.83. The van der Waals surface area contributed by atoms with Gasteiger partial charge < -0.3 is 24.6 Å². The molecule has 1 aliphatic heterocycles. The second kappa shape index (κ2) is 9.46. The van der Waals surface area contributed by atoms with Crippen LogP contribution in [0.15, 0.2) is 18.2 Å². The summed E-state index contributed by atoms with van der Waals surface area (Å²) in [5, 5.41) is 11.5. The lowest BCUT2D eigenvalue weighted by molar-refractivity contribution is -0.139. The number of carbonyl (C=O) groups is 2. The average Bonchev–Trinajstić information content (AvgIpc) is 2.55. The lowest BCUT2D eigenvalue weighted by Crippen LogP contribution is -2.25. The van der Waals surface area contributed by atoms with Crippen LogP contribution in [-0.2, 0) is 19.1 Å². The van der Waals surface area contributed by atoms with Gasteiger partial charge in [0.05, 0.1) is 24.2 Å². The molecule has 7 nitrogen and oxygen atoms in total.